The van der Waals surface area contributed by atoms with Gasteiger partial charge in [0.1, 0.15) is 5.82 Å². The number of hydrogen-bond acceptors (Lipinski definition) is 3. The minimum Gasteiger partial charge on any atom is -0.358 e. The lowest BCUT2D eigenvalue weighted by Gasteiger charge is -2.09. The van der Waals surface area contributed by atoms with Gasteiger partial charge in [-0.25, -0.2) is 9.37 Å². The molecule has 0 saturated carbocycles. The van der Waals surface area contributed by atoms with Crippen LogP contribution >= 0.6 is 11.3 Å². The fraction of sp³-hybridized carbons (Fsp3) is 0.214. The molecule has 2 nitrogen and oxygen atoms in total. The van der Waals surface area contributed by atoms with Crippen molar-refractivity contribution < 1.29 is 4.39 Å². The first-order chi connectivity index (χ1) is 8.81. The Balaban J connectivity index is 1.74. The number of aromatic nitrogens is 1. The van der Waals surface area contributed by atoms with Crippen LogP contribution in [0.1, 0.15) is 12.8 Å². The highest BCUT2D eigenvalue weighted by Crippen LogP contribution is 2.26. The third-order valence-corrected chi connectivity index (χ3v) is 3.75. The summed E-state index contributed by atoms with van der Waals surface area (Å²) in [6.07, 6.45) is 6.50. The van der Waals surface area contributed by atoms with Crippen LogP contribution in [0.2, 0.25) is 0 Å². The molecule has 18 heavy (non-hydrogen) atoms. The lowest BCUT2D eigenvalue weighted by molar-refractivity contribution is 0.628. The van der Waals surface area contributed by atoms with Crippen molar-refractivity contribution in [1.29, 1.82) is 0 Å². The Kier molecular flexibility index (Phi) is 3.11. The molecule has 1 heterocycles. The van der Waals surface area contributed by atoms with E-state index in [4.69, 9.17) is 0 Å². The van der Waals surface area contributed by atoms with Gasteiger partial charge in [-0.1, -0.05) is 12.2 Å². The molecule has 0 unspecified atom stereocenters. The second-order valence-electron chi connectivity index (χ2n) is 4.33. The molecule has 1 aromatic heterocycles. The second-order valence-corrected chi connectivity index (χ2v) is 5.19. The first-order valence-corrected chi connectivity index (χ1v) is 6.82. The molecular weight excluding hydrogens is 247 g/mol. The van der Waals surface area contributed by atoms with Crippen LogP contribution in [0.25, 0.3) is 11.3 Å². The van der Waals surface area contributed by atoms with Crippen LogP contribution in [-0.4, -0.2) is 11.0 Å². The lowest BCUT2D eigenvalue weighted by atomic mass is 10.2. The quantitative estimate of drug-likeness (QED) is 0.841. The van der Waals surface area contributed by atoms with E-state index >= 15 is 0 Å². The third kappa shape index (κ3) is 2.43. The monoisotopic (exact) mass is 260 g/mol. The molecule has 4 heteroatoms. The Morgan fingerprint density at radius 1 is 1.17 bits per heavy atom. The maximum absolute atomic E-state index is 12.8. The Hall–Kier alpha value is -1.68. The van der Waals surface area contributed by atoms with E-state index in [9.17, 15) is 4.39 Å². The van der Waals surface area contributed by atoms with Crippen molar-refractivity contribution in [3.8, 4) is 11.3 Å². The average molecular weight is 260 g/mol. The lowest BCUT2D eigenvalue weighted by Crippen LogP contribution is -2.14. The number of hydrogen-bond donors (Lipinski definition) is 1. The minimum absolute atomic E-state index is 0.218. The molecule has 0 spiro atoms. The molecule has 1 aliphatic carbocycles. The van der Waals surface area contributed by atoms with Gasteiger partial charge in [0.05, 0.1) is 5.69 Å². The van der Waals surface area contributed by atoms with E-state index in [1.807, 2.05) is 5.38 Å². The zero-order chi connectivity index (χ0) is 12.4. The van der Waals surface area contributed by atoms with Gasteiger partial charge in [0, 0.05) is 17.0 Å². The second kappa shape index (κ2) is 4.90. The Labute approximate surface area is 109 Å². The summed E-state index contributed by atoms with van der Waals surface area (Å²) < 4.78 is 12.8. The predicted octanol–water partition coefficient (Wildman–Crippen LogP) is 4.08. The fourth-order valence-electron chi connectivity index (χ4n) is 2.00. The highest BCUT2D eigenvalue weighted by Gasteiger charge is 2.12. The smallest absolute Gasteiger partial charge is 0.183 e. The molecule has 3 rings (SSSR count). The van der Waals surface area contributed by atoms with E-state index in [0.717, 1.165) is 29.2 Å². The molecule has 0 bridgehead atoms. The highest BCUT2D eigenvalue weighted by atomic mass is 32.1. The van der Waals surface area contributed by atoms with E-state index < -0.39 is 0 Å². The summed E-state index contributed by atoms with van der Waals surface area (Å²) >= 11 is 1.59. The zero-order valence-electron chi connectivity index (χ0n) is 9.77. The molecule has 1 aromatic carbocycles. The van der Waals surface area contributed by atoms with E-state index in [0.29, 0.717) is 6.04 Å². The number of anilines is 1. The number of rotatable bonds is 3. The normalized spacial score (nSPS) is 15.2. The maximum Gasteiger partial charge on any atom is 0.183 e. The maximum atomic E-state index is 12.8. The average Bonchev–Trinajstić information content (AvgIpc) is 3.02. The number of benzene rings is 1. The Morgan fingerprint density at radius 2 is 1.89 bits per heavy atom. The first-order valence-electron chi connectivity index (χ1n) is 5.94. The zero-order valence-corrected chi connectivity index (χ0v) is 10.6. The SMILES string of the molecule is Fc1ccc(-c2csc(NC3CC=CC3)n2)cc1. The molecule has 1 aliphatic rings. The molecule has 0 saturated heterocycles. The van der Waals surface area contributed by atoms with Crippen LogP contribution in [-0.2, 0) is 0 Å². The van der Waals surface area contributed by atoms with Crippen molar-refractivity contribution in [1.82, 2.24) is 4.98 Å². The first kappa shape index (κ1) is 11.4. The van der Waals surface area contributed by atoms with Crippen LogP contribution < -0.4 is 5.32 Å². The van der Waals surface area contributed by atoms with Crippen LogP contribution in [0.15, 0.2) is 41.8 Å². The number of nitrogens with one attached hydrogen (secondary N) is 1. The largest absolute Gasteiger partial charge is 0.358 e. The van der Waals surface area contributed by atoms with E-state index in [2.05, 4.69) is 22.5 Å². The predicted molar refractivity (Wildman–Crippen MR) is 73.3 cm³/mol. The van der Waals surface area contributed by atoms with Gasteiger partial charge in [-0.05, 0) is 37.1 Å². The van der Waals surface area contributed by atoms with Gasteiger partial charge < -0.3 is 5.32 Å². The van der Waals surface area contributed by atoms with Crippen LogP contribution in [0.4, 0.5) is 9.52 Å². The number of halogens is 1. The summed E-state index contributed by atoms with van der Waals surface area (Å²) in [5, 5.41) is 6.34. The molecule has 2 aromatic rings. The van der Waals surface area contributed by atoms with E-state index in [-0.39, 0.29) is 5.82 Å². The molecule has 0 atom stereocenters. The van der Waals surface area contributed by atoms with Gasteiger partial charge in [0.25, 0.3) is 0 Å². The molecule has 0 aliphatic heterocycles. The van der Waals surface area contributed by atoms with Crippen molar-refractivity contribution in [2.45, 2.75) is 18.9 Å². The van der Waals surface area contributed by atoms with Crippen LogP contribution in [0, 0.1) is 5.82 Å². The van der Waals surface area contributed by atoms with Crippen LogP contribution in [0.3, 0.4) is 0 Å². The Morgan fingerprint density at radius 3 is 2.61 bits per heavy atom. The Bertz CT molecular complexity index is 551. The van der Waals surface area contributed by atoms with E-state index in [1.165, 1.54) is 12.1 Å². The van der Waals surface area contributed by atoms with Crippen molar-refractivity contribution in [3.63, 3.8) is 0 Å². The summed E-state index contributed by atoms with van der Waals surface area (Å²) in [7, 11) is 0. The summed E-state index contributed by atoms with van der Waals surface area (Å²) in [6.45, 7) is 0. The van der Waals surface area contributed by atoms with Crippen molar-refractivity contribution in [2.75, 3.05) is 5.32 Å². The van der Waals surface area contributed by atoms with E-state index in [1.54, 1.807) is 23.5 Å². The topological polar surface area (TPSA) is 24.9 Å². The molecule has 1 N–H and O–H groups in total. The molecular formula is C14H13FN2S. The standard InChI is InChI=1S/C14H13FN2S/c15-11-7-5-10(6-8-11)13-9-18-14(17-13)16-12-3-1-2-4-12/h1-2,5-9,12H,3-4H2,(H,16,17). The number of nitrogens with zero attached hydrogens (tertiary/aromatic N) is 1. The highest BCUT2D eigenvalue weighted by molar-refractivity contribution is 7.14. The van der Waals surface area contributed by atoms with Gasteiger partial charge in [-0.2, -0.15) is 0 Å². The third-order valence-electron chi connectivity index (χ3n) is 2.98. The van der Waals surface area contributed by atoms with Gasteiger partial charge in [-0.3, -0.25) is 0 Å². The van der Waals surface area contributed by atoms with Gasteiger partial charge in [0.15, 0.2) is 5.13 Å². The summed E-state index contributed by atoms with van der Waals surface area (Å²) in [5.41, 5.74) is 1.85. The minimum atomic E-state index is -0.218. The summed E-state index contributed by atoms with van der Waals surface area (Å²) in [5.74, 6) is -0.218. The van der Waals surface area contributed by atoms with Gasteiger partial charge in [-0.15, -0.1) is 11.3 Å². The van der Waals surface area contributed by atoms with Gasteiger partial charge >= 0.3 is 0 Å². The molecule has 92 valence electrons. The molecule has 0 radical (unpaired) electrons. The number of thiazole rings is 1. The van der Waals surface area contributed by atoms with Crippen molar-refractivity contribution in [2.24, 2.45) is 0 Å². The molecule has 0 amide bonds. The van der Waals surface area contributed by atoms with Crippen molar-refractivity contribution >= 4 is 16.5 Å². The van der Waals surface area contributed by atoms with Crippen molar-refractivity contribution in [3.05, 3.63) is 47.6 Å². The van der Waals surface area contributed by atoms with Crippen LogP contribution in [0.5, 0.6) is 0 Å². The summed E-state index contributed by atoms with van der Waals surface area (Å²) in [6, 6.07) is 6.90. The van der Waals surface area contributed by atoms with Gasteiger partial charge in [0.2, 0.25) is 0 Å². The summed E-state index contributed by atoms with van der Waals surface area (Å²) in [4.78, 5) is 4.53. The molecule has 0 fully saturated rings. The fourth-order valence-corrected chi connectivity index (χ4v) is 2.80.